The number of hydrogen-bond donors (Lipinski definition) is 0. The monoisotopic (exact) mass is 325 g/mol. The molecule has 3 nitrogen and oxygen atoms in total. The van der Waals surface area contributed by atoms with Gasteiger partial charge in [-0.1, -0.05) is 0 Å². The minimum Gasteiger partial charge on any atom is -0.259 e. The first-order chi connectivity index (χ1) is 3.13. The van der Waals surface area contributed by atoms with Gasteiger partial charge in [-0.2, -0.15) is 0 Å². The maximum absolute atomic E-state index is 9.53. The van der Waals surface area contributed by atoms with Crippen molar-refractivity contribution in [2.45, 2.75) is 0 Å². The third kappa shape index (κ3) is 6.60. The Balaban J connectivity index is 3.68. The summed E-state index contributed by atoms with van der Waals surface area (Å²) in [6, 6.07) is 0. The molecule has 40 valence electrons. The van der Waals surface area contributed by atoms with E-state index in [-0.39, 0.29) is 0 Å². The van der Waals surface area contributed by atoms with Crippen LogP contribution in [0.25, 0.3) is 0 Å². The first-order valence-electron chi connectivity index (χ1n) is 1.29. The van der Waals surface area contributed by atoms with Gasteiger partial charge in [0.05, 0.1) is 4.92 Å². The minimum absolute atomic E-state index is 0.478. The first-order valence-corrected chi connectivity index (χ1v) is 3.45. The molecule has 0 saturated heterocycles. The SMILES string of the molecule is O=[N+]([O-])C=C(I)I. The van der Waals surface area contributed by atoms with Crippen molar-refractivity contribution in [2.75, 3.05) is 0 Å². The Morgan fingerprint density at radius 2 is 2.14 bits per heavy atom. The highest BCUT2D eigenvalue weighted by Crippen LogP contribution is 2.13. The van der Waals surface area contributed by atoms with E-state index in [4.69, 9.17) is 0 Å². The van der Waals surface area contributed by atoms with Crippen LogP contribution >= 0.6 is 45.2 Å². The van der Waals surface area contributed by atoms with Crippen LogP contribution in [-0.2, 0) is 0 Å². The molecule has 0 aliphatic rings. The zero-order chi connectivity index (χ0) is 5.86. The number of rotatable bonds is 1. The van der Waals surface area contributed by atoms with Crippen molar-refractivity contribution in [2.24, 2.45) is 0 Å². The second kappa shape index (κ2) is 3.58. The fraction of sp³-hybridized carbons (Fsp3) is 0. The molecule has 0 saturated carbocycles. The van der Waals surface area contributed by atoms with E-state index in [9.17, 15) is 10.1 Å². The molecular formula is C2HI2NO2. The summed E-state index contributed by atoms with van der Waals surface area (Å²) in [6.45, 7) is 0. The maximum Gasteiger partial charge on any atom is 0.253 e. The molecule has 0 amide bonds. The molecule has 0 aromatic carbocycles. The Bertz CT molecular complexity index is 106. The zero-order valence-corrected chi connectivity index (χ0v) is 7.41. The predicted octanol–water partition coefficient (Wildman–Crippen LogP) is 1.93. The first kappa shape index (κ1) is 7.60. The second-order valence-corrected chi connectivity index (χ2v) is 5.09. The van der Waals surface area contributed by atoms with Crippen LogP contribution in [0.5, 0.6) is 0 Å². The molecule has 0 aromatic heterocycles. The van der Waals surface area contributed by atoms with Gasteiger partial charge in [0.1, 0.15) is 1.59 Å². The molecule has 0 bridgehead atoms. The lowest BCUT2D eigenvalue weighted by atomic mass is 11.1. The second-order valence-electron chi connectivity index (χ2n) is 0.704. The van der Waals surface area contributed by atoms with Crippen LogP contribution in [0.15, 0.2) is 7.79 Å². The van der Waals surface area contributed by atoms with Gasteiger partial charge < -0.3 is 0 Å². The Morgan fingerprint density at radius 3 is 2.14 bits per heavy atom. The van der Waals surface area contributed by atoms with Crippen LogP contribution in [0, 0.1) is 10.1 Å². The van der Waals surface area contributed by atoms with Crippen molar-refractivity contribution >= 4 is 45.2 Å². The third-order valence-corrected chi connectivity index (χ3v) is 0.760. The average Bonchev–Trinajstić information content (AvgIpc) is 1.27. The Morgan fingerprint density at radius 1 is 1.71 bits per heavy atom. The number of nitro groups is 1. The lowest BCUT2D eigenvalue weighted by Crippen LogP contribution is -1.80. The summed E-state index contributed by atoms with van der Waals surface area (Å²) >= 11 is 3.73. The van der Waals surface area contributed by atoms with Crippen molar-refractivity contribution in [3.63, 3.8) is 0 Å². The van der Waals surface area contributed by atoms with Crippen LogP contribution in [0.2, 0.25) is 0 Å². The highest BCUT2D eigenvalue weighted by Gasteiger charge is 1.87. The molecule has 5 heteroatoms. The van der Waals surface area contributed by atoms with Crippen LogP contribution in [-0.4, -0.2) is 4.92 Å². The van der Waals surface area contributed by atoms with Crippen molar-refractivity contribution in [1.29, 1.82) is 0 Å². The fourth-order valence-corrected chi connectivity index (χ4v) is 0.535. The summed E-state index contributed by atoms with van der Waals surface area (Å²) in [5.74, 6) is 0. The van der Waals surface area contributed by atoms with Gasteiger partial charge in [0.2, 0.25) is 0 Å². The Labute approximate surface area is 67.6 Å². The van der Waals surface area contributed by atoms with Gasteiger partial charge in [0.15, 0.2) is 0 Å². The van der Waals surface area contributed by atoms with Gasteiger partial charge in [0, 0.05) is 0 Å². The van der Waals surface area contributed by atoms with E-state index >= 15 is 0 Å². The van der Waals surface area contributed by atoms with E-state index in [0.29, 0.717) is 1.59 Å². The normalized spacial score (nSPS) is 7.71. The molecular weight excluding hydrogens is 324 g/mol. The molecule has 0 spiro atoms. The summed E-state index contributed by atoms with van der Waals surface area (Å²) in [4.78, 5) is 9.05. The highest BCUT2D eigenvalue weighted by atomic mass is 127. The summed E-state index contributed by atoms with van der Waals surface area (Å²) in [5, 5.41) is 9.53. The molecule has 7 heavy (non-hydrogen) atoms. The van der Waals surface area contributed by atoms with Gasteiger partial charge in [-0.15, -0.1) is 0 Å². The van der Waals surface area contributed by atoms with Crippen LogP contribution < -0.4 is 0 Å². The quantitative estimate of drug-likeness (QED) is 0.420. The molecule has 0 unspecified atom stereocenters. The molecule has 0 aliphatic heterocycles. The molecule has 0 rings (SSSR count). The van der Waals surface area contributed by atoms with E-state index in [1.54, 1.807) is 0 Å². The average molecular weight is 325 g/mol. The summed E-state index contributed by atoms with van der Waals surface area (Å²) in [7, 11) is 0. The summed E-state index contributed by atoms with van der Waals surface area (Å²) in [5.41, 5.74) is 0. The van der Waals surface area contributed by atoms with Gasteiger partial charge in [-0.05, 0) is 45.2 Å². The maximum atomic E-state index is 9.53. The van der Waals surface area contributed by atoms with Gasteiger partial charge in [-0.25, -0.2) is 0 Å². The third-order valence-electron chi connectivity index (χ3n) is 0.203. The number of halogens is 2. The van der Waals surface area contributed by atoms with Crippen molar-refractivity contribution in [3.05, 3.63) is 17.9 Å². The van der Waals surface area contributed by atoms with Gasteiger partial charge >= 0.3 is 0 Å². The molecule has 0 radical (unpaired) electrons. The minimum atomic E-state index is -0.478. The van der Waals surface area contributed by atoms with Crippen molar-refractivity contribution < 1.29 is 4.92 Å². The summed E-state index contributed by atoms with van der Waals surface area (Å²) < 4.78 is 0.653. The summed E-state index contributed by atoms with van der Waals surface area (Å²) in [6.07, 6.45) is 0.946. The molecule has 0 atom stereocenters. The van der Waals surface area contributed by atoms with E-state index in [1.807, 2.05) is 45.2 Å². The zero-order valence-electron chi connectivity index (χ0n) is 3.10. The van der Waals surface area contributed by atoms with Crippen molar-refractivity contribution in [1.82, 2.24) is 0 Å². The number of nitrogens with zero attached hydrogens (tertiary/aromatic N) is 1. The smallest absolute Gasteiger partial charge is 0.253 e. The van der Waals surface area contributed by atoms with E-state index < -0.39 is 4.92 Å². The molecule has 0 heterocycles. The predicted molar refractivity (Wildman–Crippen MR) is 43.1 cm³/mol. The van der Waals surface area contributed by atoms with Crippen LogP contribution in [0.1, 0.15) is 0 Å². The van der Waals surface area contributed by atoms with Gasteiger partial charge in [-0.3, -0.25) is 10.1 Å². The topological polar surface area (TPSA) is 43.1 Å². The van der Waals surface area contributed by atoms with Gasteiger partial charge in [0.25, 0.3) is 6.20 Å². The number of hydrogen-bond acceptors (Lipinski definition) is 2. The molecule has 0 aromatic rings. The molecule has 0 fully saturated rings. The largest absolute Gasteiger partial charge is 0.259 e. The fourth-order valence-electron chi connectivity index (χ4n) is 0.0797. The standard InChI is InChI=1S/C2HI2NO2/c3-2(4)1-5(6)7/h1H. The molecule has 0 aliphatic carbocycles. The van der Waals surface area contributed by atoms with E-state index in [1.165, 1.54) is 0 Å². The lowest BCUT2D eigenvalue weighted by Gasteiger charge is -1.74. The van der Waals surface area contributed by atoms with Crippen LogP contribution in [0.3, 0.4) is 0 Å². The Kier molecular flexibility index (Phi) is 3.89. The molecule has 0 N–H and O–H groups in total. The van der Waals surface area contributed by atoms with Crippen LogP contribution in [0.4, 0.5) is 0 Å². The highest BCUT2D eigenvalue weighted by molar-refractivity contribution is 14.2. The lowest BCUT2D eigenvalue weighted by molar-refractivity contribution is -0.402. The van der Waals surface area contributed by atoms with E-state index in [0.717, 1.165) is 6.20 Å². The van der Waals surface area contributed by atoms with E-state index in [2.05, 4.69) is 0 Å². The Hall–Kier alpha value is 0.600. The van der Waals surface area contributed by atoms with Crippen molar-refractivity contribution in [3.8, 4) is 0 Å².